The first-order valence-corrected chi connectivity index (χ1v) is 4.07. The second-order valence-corrected chi connectivity index (χ2v) is 2.81. The number of guanidine groups is 1. The molecule has 0 saturated heterocycles. The van der Waals surface area contributed by atoms with Crippen molar-refractivity contribution < 1.29 is 5.11 Å². The molecule has 0 aromatic carbocycles. The molecule has 1 heterocycles. The largest absolute Gasteiger partial charge is 0.395 e. The van der Waals surface area contributed by atoms with Crippen LogP contribution in [0.4, 0.5) is 0 Å². The van der Waals surface area contributed by atoms with Crippen molar-refractivity contribution in [3.63, 3.8) is 0 Å². The smallest absolute Gasteiger partial charge is 0.187 e. The van der Waals surface area contributed by atoms with Gasteiger partial charge < -0.3 is 26.0 Å². The highest BCUT2D eigenvalue weighted by Crippen LogP contribution is 2.03. The van der Waals surface area contributed by atoms with Crippen molar-refractivity contribution in [2.45, 2.75) is 0 Å². The first kappa shape index (κ1) is 9.66. The minimum absolute atomic E-state index is 0.0333. The van der Waals surface area contributed by atoms with E-state index in [1.807, 2.05) is 22.2 Å². The van der Waals surface area contributed by atoms with Gasteiger partial charge in [-0.15, -0.1) is 0 Å². The van der Waals surface area contributed by atoms with Crippen LogP contribution in [0, 0.1) is 5.41 Å². The maximum absolute atomic E-state index is 8.67. The number of hydrogen-bond donors (Lipinski definition) is 4. The summed E-state index contributed by atoms with van der Waals surface area (Å²) in [5.74, 6) is -0.0333. The molecule has 0 aromatic heterocycles. The van der Waals surface area contributed by atoms with Gasteiger partial charge in [-0.25, -0.2) is 0 Å². The van der Waals surface area contributed by atoms with Crippen LogP contribution in [0.5, 0.6) is 0 Å². The van der Waals surface area contributed by atoms with Gasteiger partial charge in [0.25, 0.3) is 0 Å². The van der Waals surface area contributed by atoms with E-state index in [2.05, 4.69) is 5.32 Å². The number of aliphatic hydroxyl groups excluding tert-OH is 1. The van der Waals surface area contributed by atoms with Gasteiger partial charge in [-0.3, -0.25) is 5.41 Å². The van der Waals surface area contributed by atoms with E-state index >= 15 is 0 Å². The van der Waals surface area contributed by atoms with Gasteiger partial charge in [0.15, 0.2) is 5.96 Å². The summed E-state index contributed by atoms with van der Waals surface area (Å²) in [5.41, 5.74) is 5.13. The molecule has 1 rings (SSSR count). The summed E-state index contributed by atoms with van der Waals surface area (Å²) in [7, 11) is 0. The number of rotatable bonds is 4. The molecule has 6 nitrogen and oxygen atoms in total. The normalized spacial score (nSPS) is 15.2. The van der Waals surface area contributed by atoms with E-state index in [1.54, 1.807) is 0 Å². The van der Waals surface area contributed by atoms with Crippen molar-refractivity contribution in [3.8, 4) is 0 Å². The fourth-order valence-corrected chi connectivity index (χ4v) is 1.08. The van der Waals surface area contributed by atoms with E-state index in [0.717, 1.165) is 6.67 Å². The zero-order valence-corrected chi connectivity index (χ0v) is 7.40. The fourth-order valence-electron chi connectivity index (χ4n) is 1.08. The van der Waals surface area contributed by atoms with Crippen molar-refractivity contribution in [3.05, 3.63) is 12.4 Å². The van der Waals surface area contributed by atoms with Crippen molar-refractivity contribution in [2.24, 2.45) is 5.73 Å². The van der Waals surface area contributed by atoms with Gasteiger partial charge in [0.1, 0.15) is 0 Å². The van der Waals surface area contributed by atoms with Crippen LogP contribution in [0.3, 0.4) is 0 Å². The van der Waals surface area contributed by atoms with Crippen LogP contribution < -0.4 is 11.1 Å². The van der Waals surface area contributed by atoms with Crippen molar-refractivity contribution >= 4 is 5.96 Å². The average molecular weight is 185 g/mol. The molecule has 1 aliphatic heterocycles. The van der Waals surface area contributed by atoms with Gasteiger partial charge >= 0.3 is 0 Å². The van der Waals surface area contributed by atoms with Crippen molar-refractivity contribution in [2.75, 3.05) is 26.5 Å². The molecule has 0 aliphatic carbocycles. The van der Waals surface area contributed by atoms with Crippen LogP contribution in [0.25, 0.3) is 0 Å². The molecule has 0 spiro atoms. The Morgan fingerprint density at radius 3 is 2.85 bits per heavy atom. The first-order valence-electron chi connectivity index (χ1n) is 4.07. The van der Waals surface area contributed by atoms with E-state index in [4.69, 9.17) is 16.2 Å². The number of hydrogen-bond acceptors (Lipinski definition) is 4. The van der Waals surface area contributed by atoms with Gasteiger partial charge in [0.05, 0.1) is 19.9 Å². The van der Waals surface area contributed by atoms with Crippen LogP contribution in [-0.4, -0.2) is 47.4 Å². The lowest BCUT2D eigenvalue weighted by Crippen LogP contribution is -2.39. The van der Waals surface area contributed by atoms with E-state index < -0.39 is 0 Å². The molecule has 13 heavy (non-hydrogen) atoms. The van der Waals surface area contributed by atoms with Crippen LogP contribution >= 0.6 is 0 Å². The second kappa shape index (κ2) is 4.56. The van der Waals surface area contributed by atoms with Crippen LogP contribution in [0.1, 0.15) is 0 Å². The van der Waals surface area contributed by atoms with Crippen LogP contribution in [0.15, 0.2) is 12.4 Å². The fraction of sp³-hybridized carbons (Fsp3) is 0.571. The number of nitrogens with one attached hydrogen (secondary N) is 2. The Morgan fingerprint density at radius 2 is 2.23 bits per heavy atom. The van der Waals surface area contributed by atoms with Crippen molar-refractivity contribution in [1.82, 2.24) is 15.1 Å². The highest BCUT2D eigenvalue weighted by molar-refractivity contribution is 5.74. The van der Waals surface area contributed by atoms with Gasteiger partial charge in [-0.1, -0.05) is 0 Å². The summed E-state index contributed by atoms with van der Waals surface area (Å²) in [4.78, 5) is 3.93. The average Bonchev–Trinajstić information content (AvgIpc) is 2.50. The summed E-state index contributed by atoms with van der Waals surface area (Å²) in [6, 6.07) is 0. The maximum Gasteiger partial charge on any atom is 0.187 e. The van der Waals surface area contributed by atoms with Crippen LogP contribution in [-0.2, 0) is 0 Å². The molecule has 0 atom stereocenters. The molecule has 0 saturated carbocycles. The third-order valence-corrected chi connectivity index (χ3v) is 1.71. The zero-order chi connectivity index (χ0) is 9.68. The number of aliphatic hydroxyl groups is 1. The number of nitrogens with zero attached hydrogens (tertiary/aromatic N) is 2. The third kappa shape index (κ3) is 3.20. The predicted molar refractivity (Wildman–Crippen MR) is 49.6 cm³/mol. The van der Waals surface area contributed by atoms with E-state index in [-0.39, 0.29) is 12.6 Å². The summed E-state index contributed by atoms with van der Waals surface area (Å²) >= 11 is 0. The molecule has 0 aromatic rings. The summed E-state index contributed by atoms with van der Waals surface area (Å²) in [5, 5.41) is 18.3. The van der Waals surface area contributed by atoms with Gasteiger partial charge in [-0.2, -0.15) is 0 Å². The zero-order valence-electron chi connectivity index (χ0n) is 7.40. The quantitative estimate of drug-likeness (QED) is 0.315. The minimum Gasteiger partial charge on any atom is -0.395 e. The molecule has 6 heteroatoms. The Morgan fingerprint density at radius 1 is 1.54 bits per heavy atom. The Bertz CT molecular complexity index is 205. The molecule has 1 aliphatic rings. The standard InChI is InChI=1S/C7H15N5O/c8-7(9)10-5-12-2-1-11(6-12)3-4-13/h1-2,13H,3-6H2,(H4,8,9,10). The predicted octanol–water partition coefficient (Wildman–Crippen LogP) is -1.53. The first-order chi connectivity index (χ1) is 6.22. The topological polar surface area (TPSA) is 88.6 Å². The SMILES string of the molecule is N=C(N)NCN1C=CN(CCO)C1. The van der Waals surface area contributed by atoms with Gasteiger partial charge in [0.2, 0.25) is 0 Å². The summed E-state index contributed by atoms with van der Waals surface area (Å²) in [6.07, 6.45) is 3.80. The molecular weight excluding hydrogens is 170 g/mol. The Balaban J connectivity index is 2.18. The summed E-state index contributed by atoms with van der Waals surface area (Å²) < 4.78 is 0. The third-order valence-electron chi connectivity index (χ3n) is 1.71. The lowest BCUT2D eigenvalue weighted by molar-refractivity contribution is 0.204. The lowest BCUT2D eigenvalue weighted by Gasteiger charge is -2.20. The van der Waals surface area contributed by atoms with E-state index in [0.29, 0.717) is 13.2 Å². The highest BCUT2D eigenvalue weighted by atomic mass is 16.3. The number of nitrogens with two attached hydrogens (primary N) is 1. The Labute approximate surface area is 77.1 Å². The number of β-amino-alcohol motifs (C(OH)–C–C–N with tert-alkyl or cyclic N) is 1. The Kier molecular flexibility index (Phi) is 3.39. The lowest BCUT2D eigenvalue weighted by atomic mass is 10.6. The van der Waals surface area contributed by atoms with E-state index in [9.17, 15) is 0 Å². The molecule has 74 valence electrons. The monoisotopic (exact) mass is 185 g/mol. The van der Waals surface area contributed by atoms with Crippen molar-refractivity contribution in [1.29, 1.82) is 5.41 Å². The summed E-state index contributed by atoms with van der Waals surface area (Å²) in [6.45, 7) is 2.03. The molecule has 0 amide bonds. The van der Waals surface area contributed by atoms with Crippen LogP contribution in [0.2, 0.25) is 0 Å². The minimum atomic E-state index is -0.0333. The molecule has 0 radical (unpaired) electrons. The molecular formula is C7H15N5O. The van der Waals surface area contributed by atoms with Gasteiger partial charge in [-0.05, 0) is 0 Å². The molecule has 0 bridgehead atoms. The molecule has 0 fully saturated rings. The highest BCUT2D eigenvalue weighted by Gasteiger charge is 2.10. The van der Waals surface area contributed by atoms with Gasteiger partial charge in [0, 0.05) is 18.9 Å². The molecule has 0 unspecified atom stereocenters. The Hall–Kier alpha value is -1.43. The second-order valence-electron chi connectivity index (χ2n) is 2.81. The maximum atomic E-state index is 8.67. The molecule has 5 N–H and O–H groups in total. The van der Waals surface area contributed by atoms with E-state index in [1.165, 1.54) is 0 Å².